The van der Waals surface area contributed by atoms with Gasteiger partial charge >= 0.3 is 0 Å². The van der Waals surface area contributed by atoms with Crippen LogP contribution in [0.15, 0.2) is 42.5 Å². The third kappa shape index (κ3) is 4.20. The Labute approximate surface area is 133 Å². The Morgan fingerprint density at radius 1 is 1.05 bits per heavy atom. The summed E-state index contributed by atoms with van der Waals surface area (Å²) < 4.78 is 0. The lowest BCUT2D eigenvalue weighted by atomic mass is 10.00. The maximum absolute atomic E-state index is 12.2. The van der Waals surface area contributed by atoms with E-state index in [1.165, 1.54) is 22.3 Å². The van der Waals surface area contributed by atoms with E-state index in [2.05, 4.69) is 56.4 Å². The van der Waals surface area contributed by atoms with E-state index in [0.29, 0.717) is 6.42 Å². The molecule has 0 bridgehead atoms. The van der Waals surface area contributed by atoms with Crippen LogP contribution in [0.1, 0.15) is 47.7 Å². The quantitative estimate of drug-likeness (QED) is 0.876. The zero-order valence-corrected chi connectivity index (χ0v) is 13.9. The van der Waals surface area contributed by atoms with E-state index in [1.54, 1.807) is 0 Å². The molecule has 116 valence electrons. The van der Waals surface area contributed by atoms with Crippen LogP contribution in [-0.2, 0) is 17.6 Å². The van der Waals surface area contributed by atoms with Crippen molar-refractivity contribution >= 4 is 5.91 Å². The summed E-state index contributed by atoms with van der Waals surface area (Å²) in [7, 11) is 0. The number of amides is 1. The number of hydrogen-bond acceptors (Lipinski definition) is 1. The fraction of sp³-hybridized carbons (Fsp3) is 0.350. The van der Waals surface area contributed by atoms with Crippen LogP contribution in [-0.4, -0.2) is 5.91 Å². The summed E-state index contributed by atoms with van der Waals surface area (Å²) in [4.78, 5) is 12.2. The molecular weight excluding hydrogens is 270 g/mol. The predicted molar refractivity (Wildman–Crippen MR) is 92.0 cm³/mol. The molecule has 0 radical (unpaired) electrons. The van der Waals surface area contributed by atoms with Gasteiger partial charge in [-0.05, 0) is 49.4 Å². The smallest absolute Gasteiger partial charge is 0.224 e. The summed E-state index contributed by atoms with van der Waals surface area (Å²) in [6.45, 7) is 8.34. The van der Waals surface area contributed by atoms with E-state index in [4.69, 9.17) is 0 Å². The molecule has 0 aliphatic carbocycles. The van der Waals surface area contributed by atoms with Gasteiger partial charge in [-0.15, -0.1) is 0 Å². The molecule has 2 nitrogen and oxygen atoms in total. The van der Waals surface area contributed by atoms with E-state index in [-0.39, 0.29) is 11.9 Å². The highest BCUT2D eigenvalue weighted by Gasteiger charge is 2.12. The van der Waals surface area contributed by atoms with Gasteiger partial charge in [-0.2, -0.15) is 0 Å². The highest BCUT2D eigenvalue weighted by atomic mass is 16.1. The van der Waals surface area contributed by atoms with Crippen molar-refractivity contribution in [3.05, 3.63) is 70.3 Å². The minimum absolute atomic E-state index is 0.0306. The first-order valence-electron chi connectivity index (χ1n) is 7.94. The van der Waals surface area contributed by atoms with Crippen molar-refractivity contribution in [2.75, 3.05) is 0 Å². The topological polar surface area (TPSA) is 29.1 Å². The Hall–Kier alpha value is -2.09. The molecule has 0 aliphatic heterocycles. The van der Waals surface area contributed by atoms with Gasteiger partial charge in [-0.1, -0.05) is 55.0 Å². The van der Waals surface area contributed by atoms with Crippen molar-refractivity contribution in [3.8, 4) is 0 Å². The van der Waals surface area contributed by atoms with Crippen LogP contribution >= 0.6 is 0 Å². The zero-order valence-electron chi connectivity index (χ0n) is 13.9. The number of benzene rings is 2. The first kappa shape index (κ1) is 16.3. The normalized spacial score (nSPS) is 12.0. The number of carbonyl (C=O) groups excluding carboxylic acids is 1. The Balaban J connectivity index is 1.98. The van der Waals surface area contributed by atoms with E-state index < -0.39 is 0 Å². The number of nitrogens with one attached hydrogen (secondary N) is 1. The van der Waals surface area contributed by atoms with Crippen LogP contribution in [0.2, 0.25) is 0 Å². The average Bonchev–Trinajstić information content (AvgIpc) is 2.47. The Bertz CT molecular complexity index is 643. The van der Waals surface area contributed by atoms with Gasteiger partial charge in [0, 0.05) is 0 Å². The van der Waals surface area contributed by atoms with E-state index in [9.17, 15) is 4.79 Å². The van der Waals surface area contributed by atoms with Gasteiger partial charge in [0.2, 0.25) is 5.91 Å². The van der Waals surface area contributed by atoms with Crippen LogP contribution in [0.5, 0.6) is 0 Å². The van der Waals surface area contributed by atoms with Crippen LogP contribution in [0.3, 0.4) is 0 Å². The molecular formula is C20H25NO. The van der Waals surface area contributed by atoms with Gasteiger partial charge in [0.15, 0.2) is 0 Å². The van der Waals surface area contributed by atoms with E-state index >= 15 is 0 Å². The van der Waals surface area contributed by atoms with Crippen molar-refractivity contribution in [1.82, 2.24) is 5.32 Å². The molecule has 0 heterocycles. The Morgan fingerprint density at radius 2 is 1.68 bits per heavy atom. The van der Waals surface area contributed by atoms with Gasteiger partial charge in [0.1, 0.15) is 0 Å². The van der Waals surface area contributed by atoms with Gasteiger partial charge < -0.3 is 5.32 Å². The highest BCUT2D eigenvalue weighted by Crippen LogP contribution is 2.18. The average molecular weight is 295 g/mol. The van der Waals surface area contributed by atoms with Crippen LogP contribution in [0, 0.1) is 13.8 Å². The molecule has 0 spiro atoms. The molecule has 2 aromatic rings. The summed E-state index contributed by atoms with van der Waals surface area (Å²) in [5.74, 6) is 0.0664. The Kier molecular flexibility index (Phi) is 5.37. The van der Waals surface area contributed by atoms with Crippen LogP contribution < -0.4 is 5.32 Å². The lowest BCUT2D eigenvalue weighted by molar-refractivity contribution is -0.121. The van der Waals surface area contributed by atoms with Crippen molar-refractivity contribution in [1.29, 1.82) is 0 Å². The zero-order chi connectivity index (χ0) is 16.1. The summed E-state index contributed by atoms with van der Waals surface area (Å²) in [5, 5.41) is 3.09. The van der Waals surface area contributed by atoms with Crippen molar-refractivity contribution in [2.24, 2.45) is 0 Å². The van der Waals surface area contributed by atoms with Gasteiger partial charge in [-0.25, -0.2) is 0 Å². The minimum Gasteiger partial charge on any atom is -0.349 e. The molecule has 2 aromatic carbocycles. The molecule has 0 fully saturated rings. The van der Waals surface area contributed by atoms with Gasteiger partial charge in [0.25, 0.3) is 0 Å². The van der Waals surface area contributed by atoms with Crippen LogP contribution in [0.25, 0.3) is 0 Å². The van der Waals surface area contributed by atoms with Crippen molar-refractivity contribution in [3.63, 3.8) is 0 Å². The fourth-order valence-electron chi connectivity index (χ4n) is 2.76. The predicted octanol–water partition coefficient (Wildman–Crippen LogP) is 4.29. The fourth-order valence-corrected chi connectivity index (χ4v) is 2.76. The molecule has 2 heteroatoms. The lowest BCUT2D eigenvalue weighted by Crippen LogP contribution is -2.28. The third-order valence-corrected chi connectivity index (χ3v) is 4.07. The second-order valence-electron chi connectivity index (χ2n) is 6.00. The molecule has 1 amide bonds. The first-order chi connectivity index (χ1) is 10.5. The molecule has 0 saturated carbocycles. The summed E-state index contributed by atoms with van der Waals surface area (Å²) in [6.07, 6.45) is 1.45. The third-order valence-electron chi connectivity index (χ3n) is 4.07. The first-order valence-corrected chi connectivity index (χ1v) is 7.94. The van der Waals surface area contributed by atoms with E-state index in [0.717, 1.165) is 12.0 Å². The molecule has 22 heavy (non-hydrogen) atoms. The molecule has 1 unspecified atom stereocenters. The van der Waals surface area contributed by atoms with Crippen molar-refractivity contribution in [2.45, 2.75) is 46.6 Å². The van der Waals surface area contributed by atoms with Crippen molar-refractivity contribution < 1.29 is 4.79 Å². The molecule has 1 atom stereocenters. The van der Waals surface area contributed by atoms with Crippen LogP contribution in [0.4, 0.5) is 0 Å². The monoisotopic (exact) mass is 295 g/mol. The number of hydrogen-bond donors (Lipinski definition) is 1. The molecule has 0 saturated heterocycles. The Morgan fingerprint density at radius 3 is 2.27 bits per heavy atom. The molecule has 0 aliphatic rings. The number of carbonyl (C=O) groups is 1. The van der Waals surface area contributed by atoms with Gasteiger partial charge in [0.05, 0.1) is 12.5 Å². The standard InChI is InChI=1S/C20H25NO/c1-5-17-7-9-18(10-8-17)13-20(22)21-16(4)19-11-6-14(2)12-15(19)3/h6-12,16H,5,13H2,1-4H3,(H,21,22). The summed E-state index contributed by atoms with van der Waals surface area (Å²) in [6, 6.07) is 14.6. The highest BCUT2D eigenvalue weighted by molar-refractivity contribution is 5.79. The summed E-state index contributed by atoms with van der Waals surface area (Å²) in [5.41, 5.74) is 6.01. The number of rotatable bonds is 5. The number of aryl methyl sites for hydroxylation is 3. The second-order valence-corrected chi connectivity index (χ2v) is 6.00. The largest absolute Gasteiger partial charge is 0.349 e. The van der Waals surface area contributed by atoms with Gasteiger partial charge in [-0.3, -0.25) is 4.79 Å². The maximum Gasteiger partial charge on any atom is 0.224 e. The van der Waals surface area contributed by atoms with E-state index in [1.807, 2.05) is 19.1 Å². The maximum atomic E-state index is 12.2. The SMILES string of the molecule is CCc1ccc(CC(=O)NC(C)c2ccc(C)cc2C)cc1. The molecule has 2 rings (SSSR count). The summed E-state index contributed by atoms with van der Waals surface area (Å²) >= 11 is 0. The minimum atomic E-state index is 0.0306. The lowest BCUT2D eigenvalue weighted by Gasteiger charge is -2.17. The molecule has 0 aromatic heterocycles. The molecule has 1 N–H and O–H groups in total. The second kappa shape index (κ2) is 7.26.